The zero-order valence-corrected chi connectivity index (χ0v) is 19.4. The molecule has 2 aromatic heterocycles. The lowest BCUT2D eigenvalue weighted by Gasteiger charge is -2.14. The fraction of sp³-hybridized carbons (Fsp3) is 0.296. The van der Waals surface area contributed by atoms with Crippen molar-refractivity contribution >= 4 is 33.8 Å². The van der Waals surface area contributed by atoms with Gasteiger partial charge in [-0.25, -0.2) is 9.59 Å². The van der Waals surface area contributed by atoms with Crippen LogP contribution in [0, 0.1) is 13.8 Å². The normalized spacial score (nSPS) is 12.2. The van der Waals surface area contributed by atoms with E-state index in [0.717, 1.165) is 28.7 Å². The van der Waals surface area contributed by atoms with Crippen LogP contribution in [0.25, 0.3) is 33.1 Å². The molecule has 0 aliphatic heterocycles. The van der Waals surface area contributed by atoms with Crippen molar-refractivity contribution in [2.45, 2.75) is 52.5 Å². The number of amides is 1. The van der Waals surface area contributed by atoms with Gasteiger partial charge in [-0.15, -0.1) is 0 Å². The number of hydrogen-bond acceptors (Lipinski definition) is 5. The summed E-state index contributed by atoms with van der Waals surface area (Å²) in [5, 5.41) is 13.5. The minimum atomic E-state index is -1.09. The molecule has 7 nitrogen and oxygen atoms in total. The maximum atomic E-state index is 12.7. The van der Waals surface area contributed by atoms with Crippen LogP contribution < -0.4 is 10.9 Å². The zero-order chi connectivity index (χ0) is 24.4. The third-order valence-electron chi connectivity index (χ3n) is 6.15. The third kappa shape index (κ3) is 4.46. The van der Waals surface area contributed by atoms with Crippen LogP contribution in [-0.2, 0) is 16.0 Å². The van der Waals surface area contributed by atoms with Gasteiger partial charge >= 0.3 is 11.6 Å². The Bertz CT molecular complexity index is 1430. The molecule has 176 valence electrons. The Morgan fingerprint density at radius 2 is 1.74 bits per heavy atom. The number of aliphatic carboxylic acids is 1. The van der Waals surface area contributed by atoms with Gasteiger partial charge in [0.1, 0.15) is 23.0 Å². The van der Waals surface area contributed by atoms with Crippen LogP contribution in [-0.4, -0.2) is 23.0 Å². The molecule has 0 bridgehead atoms. The average Bonchev–Trinajstić information content (AvgIpc) is 3.13. The molecule has 4 rings (SSSR count). The van der Waals surface area contributed by atoms with Gasteiger partial charge in [0, 0.05) is 22.4 Å². The van der Waals surface area contributed by atoms with E-state index < -0.39 is 23.5 Å². The van der Waals surface area contributed by atoms with Crippen molar-refractivity contribution in [2.24, 2.45) is 0 Å². The highest BCUT2D eigenvalue weighted by Gasteiger charge is 2.22. The monoisotopic (exact) mass is 461 g/mol. The molecule has 0 aliphatic carbocycles. The highest BCUT2D eigenvalue weighted by molar-refractivity contribution is 6.03. The molecule has 2 heterocycles. The number of carbonyl (C=O) groups excluding carboxylic acids is 1. The first-order chi connectivity index (χ1) is 16.3. The molecule has 1 atom stereocenters. The van der Waals surface area contributed by atoms with Crippen molar-refractivity contribution in [1.29, 1.82) is 0 Å². The average molecular weight is 462 g/mol. The quantitative estimate of drug-likeness (QED) is 0.352. The summed E-state index contributed by atoms with van der Waals surface area (Å²) in [4.78, 5) is 36.8. The number of nitrogens with one attached hydrogen (secondary N) is 1. The van der Waals surface area contributed by atoms with Gasteiger partial charge in [0.2, 0.25) is 5.91 Å². The van der Waals surface area contributed by atoms with Gasteiger partial charge in [-0.3, -0.25) is 4.79 Å². The number of fused-ring (bicyclic) bond motifs is 2. The number of benzene rings is 2. The number of carboxylic acid groups (broad SMARTS) is 1. The van der Waals surface area contributed by atoms with E-state index in [-0.39, 0.29) is 12.0 Å². The Morgan fingerprint density at radius 1 is 1.03 bits per heavy atom. The fourth-order valence-corrected chi connectivity index (χ4v) is 4.34. The van der Waals surface area contributed by atoms with E-state index in [4.69, 9.17) is 8.83 Å². The molecule has 2 aromatic carbocycles. The van der Waals surface area contributed by atoms with E-state index in [0.29, 0.717) is 35.0 Å². The van der Waals surface area contributed by atoms with E-state index in [9.17, 15) is 19.5 Å². The predicted molar refractivity (Wildman–Crippen MR) is 130 cm³/mol. The summed E-state index contributed by atoms with van der Waals surface area (Å²) < 4.78 is 11.5. The fourth-order valence-electron chi connectivity index (χ4n) is 4.34. The Morgan fingerprint density at radius 3 is 2.41 bits per heavy atom. The van der Waals surface area contributed by atoms with Crippen LogP contribution in [0.4, 0.5) is 0 Å². The Kier molecular flexibility index (Phi) is 6.54. The number of furan rings is 1. The zero-order valence-electron chi connectivity index (χ0n) is 19.4. The summed E-state index contributed by atoms with van der Waals surface area (Å²) in [5.41, 5.74) is 3.18. The Labute approximate surface area is 196 Å². The van der Waals surface area contributed by atoms with Crippen LogP contribution in [0.1, 0.15) is 43.1 Å². The second kappa shape index (κ2) is 9.55. The van der Waals surface area contributed by atoms with Crippen molar-refractivity contribution in [1.82, 2.24) is 5.32 Å². The SMILES string of the molecule is CCCC[C@H](NC(=O)Cc1c(C)c2cc3c(-c4ccccc4)c(C)oc3cc2oc1=O)C(=O)O. The summed E-state index contributed by atoms with van der Waals surface area (Å²) in [7, 11) is 0. The summed E-state index contributed by atoms with van der Waals surface area (Å²) in [6.45, 7) is 5.61. The first-order valence-electron chi connectivity index (χ1n) is 11.4. The molecular weight excluding hydrogens is 434 g/mol. The lowest BCUT2D eigenvalue weighted by molar-refractivity contribution is -0.142. The summed E-state index contributed by atoms with van der Waals surface area (Å²) in [5.74, 6) is -0.860. The lowest BCUT2D eigenvalue weighted by atomic mass is 9.98. The van der Waals surface area contributed by atoms with Crippen molar-refractivity contribution in [3.05, 3.63) is 69.8 Å². The molecule has 1 amide bonds. The van der Waals surface area contributed by atoms with Gasteiger partial charge in [-0.2, -0.15) is 0 Å². The van der Waals surface area contributed by atoms with Gasteiger partial charge in [0.15, 0.2) is 0 Å². The minimum Gasteiger partial charge on any atom is -0.480 e. The molecule has 34 heavy (non-hydrogen) atoms. The lowest BCUT2D eigenvalue weighted by Crippen LogP contribution is -2.42. The summed E-state index contributed by atoms with van der Waals surface area (Å²) in [6, 6.07) is 12.5. The maximum Gasteiger partial charge on any atom is 0.340 e. The molecule has 0 radical (unpaired) electrons. The van der Waals surface area contributed by atoms with E-state index in [1.165, 1.54) is 0 Å². The van der Waals surface area contributed by atoms with Crippen molar-refractivity contribution in [2.75, 3.05) is 0 Å². The number of carbonyl (C=O) groups is 2. The van der Waals surface area contributed by atoms with Crippen LogP contribution in [0.3, 0.4) is 0 Å². The number of carboxylic acids is 1. The second-order valence-corrected chi connectivity index (χ2v) is 8.51. The molecule has 0 spiro atoms. The van der Waals surface area contributed by atoms with E-state index >= 15 is 0 Å². The van der Waals surface area contributed by atoms with Gasteiger partial charge in [-0.1, -0.05) is 50.1 Å². The molecule has 0 aliphatic rings. The highest BCUT2D eigenvalue weighted by atomic mass is 16.4. The summed E-state index contributed by atoms with van der Waals surface area (Å²) >= 11 is 0. The Hall–Kier alpha value is -3.87. The highest BCUT2D eigenvalue weighted by Crippen LogP contribution is 2.37. The predicted octanol–water partition coefficient (Wildman–Crippen LogP) is 5.13. The van der Waals surface area contributed by atoms with Crippen molar-refractivity contribution in [3.63, 3.8) is 0 Å². The minimum absolute atomic E-state index is 0.213. The van der Waals surface area contributed by atoms with Crippen LogP contribution in [0.2, 0.25) is 0 Å². The topological polar surface area (TPSA) is 110 Å². The van der Waals surface area contributed by atoms with E-state index in [1.807, 2.05) is 50.2 Å². The molecular formula is C27H27NO6. The standard InChI is InChI=1S/C27H27NO6/c1-4-5-11-21(26(30)31)28-24(29)13-19-15(2)18-12-20-23(14-22(18)34-27(19)32)33-16(3)25(20)17-9-7-6-8-10-17/h6-10,12,14,21H,4-5,11,13H2,1-3H3,(H,28,29)(H,30,31)/t21-/m0/s1. The number of unbranched alkanes of at least 4 members (excludes halogenated alkanes) is 1. The number of hydrogen-bond donors (Lipinski definition) is 2. The van der Waals surface area contributed by atoms with E-state index in [1.54, 1.807) is 13.0 Å². The molecule has 0 saturated carbocycles. The van der Waals surface area contributed by atoms with Gasteiger partial charge in [0.25, 0.3) is 0 Å². The number of rotatable bonds is 8. The Balaban J connectivity index is 1.74. The first-order valence-corrected chi connectivity index (χ1v) is 11.4. The van der Waals surface area contributed by atoms with Crippen LogP contribution in [0.5, 0.6) is 0 Å². The van der Waals surface area contributed by atoms with E-state index in [2.05, 4.69) is 5.32 Å². The van der Waals surface area contributed by atoms with Crippen molar-refractivity contribution < 1.29 is 23.5 Å². The smallest absolute Gasteiger partial charge is 0.340 e. The van der Waals surface area contributed by atoms with Gasteiger partial charge < -0.3 is 19.3 Å². The third-order valence-corrected chi connectivity index (χ3v) is 6.15. The molecule has 4 aromatic rings. The second-order valence-electron chi connectivity index (χ2n) is 8.51. The molecule has 0 saturated heterocycles. The van der Waals surface area contributed by atoms with Crippen LogP contribution in [0.15, 0.2) is 56.1 Å². The van der Waals surface area contributed by atoms with Gasteiger partial charge in [-0.05, 0) is 37.5 Å². The molecule has 0 fully saturated rings. The van der Waals surface area contributed by atoms with Crippen LogP contribution >= 0.6 is 0 Å². The largest absolute Gasteiger partial charge is 0.480 e. The maximum absolute atomic E-state index is 12.7. The summed E-state index contributed by atoms with van der Waals surface area (Å²) in [6.07, 6.45) is 1.58. The molecule has 2 N–H and O–H groups in total. The molecule has 0 unspecified atom stereocenters. The molecule has 7 heteroatoms. The first kappa shape index (κ1) is 23.3. The van der Waals surface area contributed by atoms with Crippen molar-refractivity contribution in [3.8, 4) is 11.1 Å². The number of aryl methyl sites for hydroxylation is 2. The van der Waals surface area contributed by atoms with Gasteiger partial charge in [0.05, 0.1) is 12.0 Å².